The lowest BCUT2D eigenvalue weighted by Crippen LogP contribution is -2.52. The molecule has 2 N–H and O–H groups in total. The first-order chi connectivity index (χ1) is 17.0. The van der Waals surface area contributed by atoms with Crippen LogP contribution in [0.1, 0.15) is 40.9 Å². The van der Waals surface area contributed by atoms with Gasteiger partial charge in [0.05, 0.1) is 34.9 Å². The zero-order chi connectivity index (χ0) is 25.8. The average molecular weight is 552 g/mol. The standard InChI is InChI=1S/C22H27N6O5S3/c1-13-17(34-14(2)24-13)12-28-20-16(8-18(35-20)36(32,33)25-22(3)4-5-22)19(30)27(21(28)31)11-15-9-23-26(10-15)6-7-29/h8-10,16,25,29H,4-7,11-12H2,1-3H3/q+1. The SMILES string of the molecule is Cc1nc(C)c(C[N+]2=C3SC(S(=O)(=O)NC4(C)CC4)=CC3C(=O)N(Cc3cnn(CCO)c3)C2=O)s1. The second-order valence-corrected chi connectivity index (χ2v) is 13.7. The number of hydrogen-bond acceptors (Lipinski definition) is 9. The molecule has 0 spiro atoms. The number of thiazole rings is 1. The summed E-state index contributed by atoms with van der Waals surface area (Å²) in [5.41, 5.74) is 0.961. The van der Waals surface area contributed by atoms with Crippen molar-refractivity contribution in [2.45, 2.75) is 58.8 Å². The highest BCUT2D eigenvalue weighted by Gasteiger charge is 2.53. The Morgan fingerprint density at radius 2 is 2.06 bits per heavy atom. The molecule has 3 amide bonds. The number of nitrogens with zero attached hydrogens (tertiary/aromatic N) is 5. The third-order valence-corrected chi connectivity index (χ3v) is 10.8. The fraction of sp³-hybridized carbons (Fsp3) is 0.500. The number of imide groups is 1. The fourth-order valence-corrected chi connectivity index (χ4v) is 8.14. The smallest absolute Gasteiger partial charge is 0.394 e. The third-order valence-electron chi connectivity index (χ3n) is 6.34. The highest BCUT2D eigenvalue weighted by atomic mass is 32.3. The lowest BCUT2D eigenvalue weighted by molar-refractivity contribution is -0.453. The molecule has 3 aliphatic rings. The Labute approximate surface area is 217 Å². The second kappa shape index (κ2) is 9.17. The van der Waals surface area contributed by atoms with Gasteiger partial charge in [-0.15, -0.1) is 11.3 Å². The number of rotatable bonds is 9. The van der Waals surface area contributed by atoms with E-state index in [-0.39, 0.29) is 23.9 Å². The normalized spacial score (nSPS) is 21.3. The van der Waals surface area contributed by atoms with E-state index in [9.17, 15) is 18.0 Å². The molecule has 5 rings (SSSR count). The van der Waals surface area contributed by atoms with Gasteiger partial charge >= 0.3 is 11.9 Å². The van der Waals surface area contributed by atoms with Crippen LogP contribution in [0.5, 0.6) is 0 Å². The number of aliphatic hydroxyl groups is 1. The first-order valence-electron chi connectivity index (χ1n) is 11.5. The quantitative estimate of drug-likeness (QED) is 0.449. The molecule has 14 heteroatoms. The van der Waals surface area contributed by atoms with Crippen molar-refractivity contribution in [2.75, 3.05) is 6.61 Å². The van der Waals surface area contributed by atoms with Gasteiger partial charge in [-0.2, -0.15) is 19.4 Å². The number of amides is 3. The monoisotopic (exact) mass is 551 g/mol. The van der Waals surface area contributed by atoms with Crippen molar-refractivity contribution in [3.63, 3.8) is 0 Å². The minimum atomic E-state index is -3.84. The maximum absolute atomic E-state index is 13.7. The summed E-state index contributed by atoms with van der Waals surface area (Å²) < 4.78 is 32.0. The van der Waals surface area contributed by atoms with E-state index >= 15 is 0 Å². The van der Waals surface area contributed by atoms with E-state index < -0.39 is 33.4 Å². The molecule has 0 aromatic carbocycles. The van der Waals surface area contributed by atoms with E-state index in [0.29, 0.717) is 17.2 Å². The zero-order valence-corrected chi connectivity index (χ0v) is 22.5. The summed E-state index contributed by atoms with van der Waals surface area (Å²) in [5.74, 6) is -1.36. The van der Waals surface area contributed by atoms with Crippen molar-refractivity contribution in [1.82, 2.24) is 24.4 Å². The molecule has 192 valence electrons. The summed E-state index contributed by atoms with van der Waals surface area (Å²) in [4.78, 5) is 33.6. The van der Waals surface area contributed by atoms with Gasteiger partial charge in [-0.05, 0) is 51.5 Å². The second-order valence-electron chi connectivity index (χ2n) is 9.44. The molecular formula is C22H27N6O5S3+. The number of urea groups is 1. The Hall–Kier alpha value is -2.39. The first-order valence-corrected chi connectivity index (χ1v) is 14.6. The number of carbonyl (C=O) groups is 2. The third kappa shape index (κ3) is 4.79. The average Bonchev–Trinajstić information content (AvgIpc) is 3.15. The number of aromatic nitrogens is 3. The number of hydrogen-bond donors (Lipinski definition) is 2. The molecule has 1 unspecified atom stereocenters. The summed E-state index contributed by atoms with van der Waals surface area (Å²) in [7, 11) is -3.84. The minimum absolute atomic E-state index is 0.0129. The van der Waals surface area contributed by atoms with E-state index in [1.54, 1.807) is 12.4 Å². The van der Waals surface area contributed by atoms with Gasteiger partial charge in [0.1, 0.15) is 23.2 Å². The summed E-state index contributed by atoms with van der Waals surface area (Å²) in [5, 5.41) is 14.6. The number of nitrogens with one attached hydrogen (secondary N) is 1. The van der Waals surface area contributed by atoms with Crippen LogP contribution in [0, 0.1) is 19.8 Å². The van der Waals surface area contributed by atoms with Crippen LogP contribution in [0.15, 0.2) is 22.7 Å². The number of sulfonamides is 1. The summed E-state index contributed by atoms with van der Waals surface area (Å²) in [6.07, 6.45) is 6.19. The number of aryl methyl sites for hydroxylation is 2. The van der Waals surface area contributed by atoms with Gasteiger partial charge in [0.25, 0.3) is 0 Å². The maximum atomic E-state index is 13.7. The Morgan fingerprint density at radius 3 is 2.69 bits per heavy atom. The van der Waals surface area contributed by atoms with E-state index in [4.69, 9.17) is 5.11 Å². The van der Waals surface area contributed by atoms with E-state index in [0.717, 1.165) is 45.1 Å². The molecule has 1 aliphatic carbocycles. The van der Waals surface area contributed by atoms with Crippen molar-refractivity contribution in [3.8, 4) is 0 Å². The van der Waals surface area contributed by atoms with Crippen LogP contribution in [-0.2, 0) is 34.5 Å². The maximum Gasteiger partial charge on any atom is 0.501 e. The lowest BCUT2D eigenvalue weighted by Gasteiger charge is -2.23. The number of carbonyl (C=O) groups excluding carboxylic acids is 2. The molecule has 2 aliphatic heterocycles. The Balaban J connectivity index is 1.51. The molecule has 36 heavy (non-hydrogen) atoms. The van der Waals surface area contributed by atoms with Crippen molar-refractivity contribution in [1.29, 1.82) is 0 Å². The fourth-order valence-electron chi connectivity index (χ4n) is 4.17. The molecule has 1 atom stereocenters. The Bertz CT molecular complexity index is 1420. The predicted molar refractivity (Wildman–Crippen MR) is 135 cm³/mol. The van der Waals surface area contributed by atoms with Crippen LogP contribution in [0.4, 0.5) is 4.79 Å². The highest BCUT2D eigenvalue weighted by Crippen LogP contribution is 2.42. The van der Waals surface area contributed by atoms with Crippen LogP contribution in [0.3, 0.4) is 0 Å². The molecule has 0 saturated heterocycles. The molecule has 1 fully saturated rings. The number of aliphatic hydroxyl groups excluding tert-OH is 1. The molecule has 2 aromatic heterocycles. The van der Waals surface area contributed by atoms with Gasteiger partial charge in [0.15, 0.2) is 5.04 Å². The molecule has 4 heterocycles. The van der Waals surface area contributed by atoms with Crippen molar-refractivity contribution < 1.29 is 27.7 Å². The van der Waals surface area contributed by atoms with Crippen LogP contribution in [0.25, 0.3) is 0 Å². The highest BCUT2D eigenvalue weighted by molar-refractivity contribution is 8.27. The van der Waals surface area contributed by atoms with Crippen molar-refractivity contribution in [3.05, 3.63) is 43.8 Å². The van der Waals surface area contributed by atoms with Gasteiger partial charge < -0.3 is 5.11 Å². The van der Waals surface area contributed by atoms with Gasteiger partial charge in [-0.25, -0.2) is 22.9 Å². The molecule has 0 radical (unpaired) electrons. The van der Waals surface area contributed by atoms with Crippen molar-refractivity contribution >= 4 is 50.1 Å². The number of fused-ring (bicyclic) bond motifs is 1. The van der Waals surface area contributed by atoms with Gasteiger partial charge in [0, 0.05) is 17.3 Å². The predicted octanol–water partition coefficient (Wildman–Crippen LogP) is 1.70. The Morgan fingerprint density at radius 1 is 1.31 bits per heavy atom. The first kappa shape index (κ1) is 25.3. The van der Waals surface area contributed by atoms with Crippen molar-refractivity contribution in [2.24, 2.45) is 5.92 Å². The molecule has 11 nitrogen and oxygen atoms in total. The van der Waals surface area contributed by atoms with Crippen LogP contribution >= 0.6 is 23.1 Å². The Kier molecular flexibility index (Phi) is 6.44. The van der Waals surface area contributed by atoms with Gasteiger partial charge in [-0.3, -0.25) is 4.68 Å². The van der Waals surface area contributed by atoms with Crippen LogP contribution < -0.4 is 4.72 Å². The van der Waals surface area contributed by atoms with E-state index in [1.807, 2.05) is 20.8 Å². The minimum Gasteiger partial charge on any atom is -0.394 e. The molecule has 2 aromatic rings. The summed E-state index contributed by atoms with van der Waals surface area (Å²) in [6.45, 7) is 5.98. The summed E-state index contributed by atoms with van der Waals surface area (Å²) in [6, 6.07) is -0.520. The van der Waals surface area contributed by atoms with E-state index in [2.05, 4.69) is 14.8 Å². The number of thioether (sulfide) groups is 1. The summed E-state index contributed by atoms with van der Waals surface area (Å²) >= 11 is 2.43. The van der Waals surface area contributed by atoms with Crippen LogP contribution in [0.2, 0.25) is 0 Å². The topological polar surface area (TPSA) is 138 Å². The molecular weight excluding hydrogens is 524 g/mol. The molecule has 0 bridgehead atoms. The van der Waals surface area contributed by atoms with Crippen LogP contribution in [-0.4, -0.2) is 66.9 Å². The van der Waals surface area contributed by atoms with Gasteiger partial charge in [0.2, 0.25) is 10.0 Å². The van der Waals surface area contributed by atoms with Gasteiger partial charge in [-0.1, -0.05) is 0 Å². The lowest BCUT2D eigenvalue weighted by atomic mass is 10.1. The molecule has 1 saturated carbocycles. The van der Waals surface area contributed by atoms with E-state index in [1.165, 1.54) is 26.7 Å². The zero-order valence-electron chi connectivity index (χ0n) is 20.1. The largest absolute Gasteiger partial charge is 0.501 e.